The molecule has 0 aliphatic rings. The topological polar surface area (TPSA) is 45.5 Å². The van der Waals surface area contributed by atoms with E-state index in [0.29, 0.717) is 11.3 Å². The number of rotatable bonds is 2. The summed E-state index contributed by atoms with van der Waals surface area (Å²) in [6.45, 7) is 0. The molecule has 0 bridgehead atoms. The average molecular weight is 266 g/mol. The van der Waals surface area contributed by atoms with Crippen LogP contribution in [0.5, 0.6) is 5.75 Å². The van der Waals surface area contributed by atoms with Crippen LogP contribution in [0.3, 0.4) is 0 Å². The average Bonchev–Trinajstić information content (AvgIpc) is 2.46. The number of phenols is 1. The molecule has 1 aromatic heterocycles. The summed E-state index contributed by atoms with van der Waals surface area (Å²) in [6, 6.07) is 13.3. The van der Waals surface area contributed by atoms with E-state index in [1.54, 1.807) is 6.20 Å². The quantitative estimate of drug-likeness (QED) is 0.716. The molecule has 0 aliphatic carbocycles. The molecule has 0 unspecified atom stereocenters. The van der Waals surface area contributed by atoms with Gasteiger partial charge in [-0.2, -0.15) is 0 Å². The zero-order valence-electron chi connectivity index (χ0n) is 10.5. The molecule has 1 heterocycles. The van der Waals surface area contributed by atoms with E-state index in [4.69, 9.17) is 0 Å². The fraction of sp³-hybridized carbons (Fsp3) is 0. The molecule has 1 N–H and O–H groups in total. The van der Waals surface area contributed by atoms with Gasteiger partial charge in [-0.15, -0.1) is 0 Å². The monoisotopic (exact) mass is 266 g/mol. The summed E-state index contributed by atoms with van der Waals surface area (Å²) in [5.41, 5.74) is 1.94. The fourth-order valence-corrected chi connectivity index (χ4v) is 1.96. The van der Waals surface area contributed by atoms with Crippen LogP contribution in [0.1, 0.15) is 5.56 Å². The van der Waals surface area contributed by atoms with Gasteiger partial charge in [0.1, 0.15) is 11.6 Å². The van der Waals surface area contributed by atoms with Gasteiger partial charge in [0.05, 0.1) is 11.2 Å². The normalized spacial score (nSPS) is 11.2. The molecule has 98 valence electrons. The Morgan fingerprint density at radius 3 is 2.80 bits per heavy atom. The number of phenolic OH excluding ortho intramolecular Hbond substituents is 1. The highest BCUT2D eigenvalue weighted by atomic mass is 19.1. The van der Waals surface area contributed by atoms with Crippen molar-refractivity contribution in [3.63, 3.8) is 0 Å². The van der Waals surface area contributed by atoms with Crippen LogP contribution in [-0.2, 0) is 0 Å². The van der Waals surface area contributed by atoms with Crippen LogP contribution in [-0.4, -0.2) is 16.3 Å². The van der Waals surface area contributed by atoms with Gasteiger partial charge in [-0.25, -0.2) is 4.39 Å². The van der Waals surface area contributed by atoms with Crippen LogP contribution in [0.2, 0.25) is 0 Å². The van der Waals surface area contributed by atoms with E-state index in [2.05, 4.69) is 9.98 Å². The van der Waals surface area contributed by atoms with E-state index >= 15 is 0 Å². The summed E-state index contributed by atoms with van der Waals surface area (Å²) < 4.78 is 12.9. The lowest BCUT2D eigenvalue weighted by Gasteiger charge is -2.01. The molecule has 20 heavy (non-hydrogen) atoms. The van der Waals surface area contributed by atoms with Crippen molar-refractivity contribution in [3.05, 3.63) is 66.1 Å². The number of aromatic hydroxyl groups is 1. The largest absolute Gasteiger partial charge is 0.507 e. The summed E-state index contributed by atoms with van der Waals surface area (Å²) in [4.78, 5) is 8.62. The number of fused-ring (bicyclic) bond motifs is 1. The molecule has 3 aromatic rings. The molecule has 0 aliphatic heterocycles. The molecule has 0 spiro atoms. The molecule has 0 atom stereocenters. The zero-order chi connectivity index (χ0) is 13.9. The Hall–Kier alpha value is -2.75. The molecule has 0 saturated heterocycles. The van der Waals surface area contributed by atoms with E-state index in [9.17, 15) is 9.50 Å². The van der Waals surface area contributed by atoms with Gasteiger partial charge in [-0.1, -0.05) is 18.2 Å². The van der Waals surface area contributed by atoms with Crippen molar-refractivity contribution in [2.45, 2.75) is 0 Å². The number of pyridine rings is 1. The Kier molecular flexibility index (Phi) is 3.13. The third-order valence-corrected chi connectivity index (χ3v) is 2.95. The van der Waals surface area contributed by atoms with Gasteiger partial charge in [0.15, 0.2) is 0 Å². The highest BCUT2D eigenvalue weighted by Gasteiger charge is 2.02. The Labute approximate surface area is 115 Å². The van der Waals surface area contributed by atoms with Crippen LogP contribution in [0.4, 0.5) is 10.1 Å². The molecule has 0 fully saturated rings. The molecule has 0 amide bonds. The molecule has 3 rings (SSSR count). The van der Waals surface area contributed by atoms with Gasteiger partial charge >= 0.3 is 0 Å². The number of nitrogens with zero attached hydrogens (tertiary/aromatic N) is 2. The van der Waals surface area contributed by atoms with Crippen LogP contribution in [0.15, 0.2) is 59.7 Å². The lowest BCUT2D eigenvalue weighted by Crippen LogP contribution is -1.84. The minimum Gasteiger partial charge on any atom is -0.507 e. The van der Waals surface area contributed by atoms with Crippen LogP contribution in [0, 0.1) is 5.82 Å². The number of halogens is 1. The van der Waals surface area contributed by atoms with Crippen molar-refractivity contribution in [2.75, 3.05) is 0 Å². The van der Waals surface area contributed by atoms with Gasteiger partial charge < -0.3 is 5.11 Å². The van der Waals surface area contributed by atoms with Gasteiger partial charge in [0.2, 0.25) is 0 Å². The van der Waals surface area contributed by atoms with Crippen molar-refractivity contribution in [2.24, 2.45) is 4.99 Å². The van der Waals surface area contributed by atoms with Gasteiger partial charge in [-0.05, 0) is 24.3 Å². The maximum Gasteiger partial charge on any atom is 0.127 e. The summed E-state index contributed by atoms with van der Waals surface area (Å²) in [5.74, 6) is -0.617. The number of hydrogen-bond acceptors (Lipinski definition) is 3. The Morgan fingerprint density at radius 2 is 1.95 bits per heavy atom. The minimum absolute atomic E-state index is 0.137. The minimum atomic E-state index is -0.480. The molecule has 4 heteroatoms. The lowest BCUT2D eigenvalue weighted by atomic mass is 10.2. The summed E-state index contributed by atoms with van der Waals surface area (Å²) >= 11 is 0. The van der Waals surface area contributed by atoms with Gasteiger partial charge in [0, 0.05) is 29.4 Å². The standard InChI is InChI=1S/C16H11FN2O/c17-13-7-6-12(15(20)9-13)10-19-14-5-1-3-11-4-2-8-18-16(11)14/h1-10,20H. The molecular formula is C16H11FN2O. The third kappa shape index (κ3) is 2.36. The van der Waals surface area contributed by atoms with Crippen molar-refractivity contribution >= 4 is 22.8 Å². The van der Waals surface area contributed by atoms with E-state index in [1.165, 1.54) is 18.3 Å². The number of benzene rings is 2. The molecule has 2 aromatic carbocycles. The highest BCUT2D eigenvalue weighted by molar-refractivity contribution is 5.93. The van der Waals surface area contributed by atoms with E-state index < -0.39 is 5.82 Å². The van der Waals surface area contributed by atoms with Crippen molar-refractivity contribution < 1.29 is 9.50 Å². The first-order chi connectivity index (χ1) is 9.74. The summed E-state index contributed by atoms with van der Waals surface area (Å²) in [5, 5.41) is 10.6. The predicted molar refractivity (Wildman–Crippen MR) is 77.1 cm³/mol. The molecule has 3 nitrogen and oxygen atoms in total. The number of para-hydroxylation sites is 1. The first-order valence-corrected chi connectivity index (χ1v) is 6.10. The maximum atomic E-state index is 12.9. The highest BCUT2D eigenvalue weighted by Crippen LogP contribution is 2.24. The second kappa shape index (κ2) is 5.09. The molecular weight excluding hydrogens is 255 g/mol. The number of hydrogen-bond donors (Lipinski definition) is 1. The van der Waals surface area contributed by atoms with Crippen molar-refractivity contribution in [1.29, 1.82) is 0 Å². The number of aromatic nitrogens is 1. The van der Waals surface area contributed by atoms with Gasteiger partial charge in [0.25, 0.3) is 0 Å². The Bertz CT molecular complexity index is 794. The lowest BCUT2D eigenvalue weighted by molar-refractivity contribution is 0.468. The first-order valence-electron chi connectivity index (χ1n) is 6.10. The zero-order valence-corrected chi connectivity index (χ0v) is 10.5. The van der Waals surface area contributed by atoms with Crippen LogP contribution < -0.4 is 0 Å². The predicted octanol–water partition coefficient (Wildman–Crippen LogP) is 3.83. The van der Waals surface area contributed by atoms with Crippen LogP contribution >= 0.6 is 0 Å². The Balaban J connectivity index is 2.02. The fourth-order valence-electron chi connectivity index (χ4n) is 1.96. The Morgan fingerprint density at radius 1 is 1.10 bits per heavy atom. The van der Waals surface area contributed by atoms with Crippen molar-refractivity contribution in [3.8, 4) is 5.75 Å². The second-order valence-electron chi connectivity index (χ2n) is 4.31. The number of aliphatic imine (C=N–C) groups is 1. The first kappa shape index (κ1) is 12.3. The molecule has 0 saturated carbocycles. The summed E-state index contributed by atoms with van der Waals surface area (Å²) in [6.07, 6.45) is 3.20. The SMILES string of the molecule is Oc1cc(F)ccc1C=Nc1cccc2cccnc12. The smallest absolute Gasteiger partial charge is 0.127 e. The second-order valence-corrected chi connectivity index (χ2v) is 4.31. The van der Waals surface area contributed by atoms with E-state index in [0.717, 1.165) is 17.0 Å². The van der Waals surface area contributed by atoms with Crippen molar-refractivity contribution in [1.82, 2.24) is 4.98 Å². The molecule has 0 radical (unpaired) electrons. The van der Waals surface area contributed by atoms with Gasteiger partial charge in [-0.3, -0.25) is 9.98 Å². The van der Waals surface area contributed by atoms with E-state index in [-0.39, 0.29) is 5.75 Å². The maximum absolute atomic E-state index is 12.9. The van der Waals surface area contributed by atoms with Crippen LogP contribution in [0.25, 0.3) is 10.9 Å². The van der Waals surface area contributed by atoms with E-state index in [1.807, 2.05) is 30.3 Å². The third-order valence-electron chi connectivity index (χ3n) is 2.95. The summed E-state index contributed by atoms with van der Waals surface area (Å²) in [7, 11) is 0.